The minimum atomic E-state index is -0.0472. The van der Waals surface area contributed by atoms with E-state index in [4.69, 9.17) is 0 Å². The number of nitrogens with one attached hydrogen (secondary N) is 2. The van der Waals surface area contributed by atoms with Crippen molar-refractivity contribution in [3.8, 4) is 0 Å². The molecule has 20 heavy (non-hydrogen) atoms. The van der Waals surface area contributed by atoms with Crippen molar-refractivity contribution >= 4 is 22.9 Å². The van der Waals surface area contributed by atoms with Crippen LogP contribution in [0, 0.1) is 13.8 Å². The molecule has 0 fully saturated rings. The lowest BCUT2D eigenvalue weighted by molar-refractivity contribution is -0.115. The zero-order chi connectivity index (χ0) is 14.5. The minimum Gasteiger partial charge on any atom is -0.325 e. The van der Waals surface area contributed by atoms with Gasteiger partial charge in [-0.05, 0) is 32.9 Å². The van der Waals surface area contributed by atoms with Gasteiger partial charge in [-0.15, -0.1) is 11.3 Å². The molecule has 5 heteroatoms. The Bertz CT molecular complexity index is 577. The van der Waals surface area contributed by atoms with Crippen molar-refractivity contribution in [3.05, 3.63) is 45.9 Å². The van der Waals surface area contributed by atoms with Gasteiger partial charge in [-0.25, -0.2) is 4.98 Å². The normalized spacial score (nSPS) is 12.2. The van der Waals surface area contributed by atoms with Gasteiger partial charge in [-0.3, -0.25) is 10.1 Å². The maximum Gasteiger partial charge on any atom is 0.238 e. The quantitative estimate of drug-likeness (QED) is 0.889. The molecule has 0 aliphatic heterocycles. The van der Waals surface area contributed by atoms with E-state index in [9.17, 15) is 4.79 Å². The molecule has 1 amide bonds. The van der Waals surface area contributed by atoms with Gasteiger partial charge in [-0.1, -0.05) is 17.7 Å². The molecule has 0 radical (unpaired) electrons. The summed E-state index contributed by atoms with van der Waals surface area (Å²) in [6.07, 6.45) is 1.85. The minimum absolute atomic E-state index is 0.0472. The predicted molar refractivity (Wildman–Crippen MR) is 83.1 cm³/mol. The molecule has 1 aromatic heterocycles. The molecule has 2 N–H and O–H groups in total. The summed E-state index contributed by atoms with van der Waals surface area (Å²) in [6, 6.07) is 7.84. The van der Waals surface area contributed by atoms with Crippen molar-refractivity contribution in [2.24, 2.45) is 0 Å². The van der Waals surface area contributed by atoms with Crippen molar-refractivity contribution in [2.45, 2.75) is 26.8 Å². The summed E-state index contributed by atoms with van der Waals surface area (Å²) in [5.74, 6) is -0.0472. The Hall–Kier alpha value is -1.72. The molecule has 4 nitrogen and oxygen atoms in total. The highest BCUT2D eigenvalue weighted by Crippen LogP contribution is 2.18. The number of hydrogen-bond acceptors (Lipinski definition) is 4. The highest BCUT2D eigenvalue weighted by atomic mass is 32.1. The average Bonchev–Trinajstić information content (AvgIpc) is 2.85. The molecular weight excluding hydrogens is 270 g/mol. The summed E-state index contributed by atoms with van der Waals surface area (Å²) >= 11 is 1.65. The van der Waals surface area contributed by atoms with Gasteiger partial charge in [0, 0.05) is 16.8 Å². The molecule has 1 unspecified atom stereocenters. The third kappa shape index (κ3) is 4.15. The van der Waals surface area contributed by atoms with Crippen LogP contribution in [0.15, 0.2) is 30.5 Å². The SMILES string of the molecule is Cc1ccc(NC(=O)CNC(C)c2ncc(C)s2)cc1. The zero-order valence-corrected chi connectivity index (χ0v) is 12.8. The van der Waals surface area contributed by atoms with Crippen LogP contribution in [0.3, 0.4) is 0 Å². The van der Waals surface area contributed by atoms with Crippen LogP contribution in [0.1, 0.15) is 28.4 Å². The molecule has 2 aromatic rings. The lowest BCUT2D eigenvalue weighted by Crippen LogP contribution is -2.30. The van der Waals surface area contributed by atoms with Crippen LogP contribution in [0.25, 0.3) is 0 Å². The summed E-state index contributed by atoms with van der Waals surface area (Å²) in [5, 5.41) is 7.05. The summed E-state index contributed by atoms with van der Waals surface area (Å²) in [4.78, 5) is 17.3. The van der Waals surface area contributed by atoms with Gasteiger partial charge in [0.1, 0.15) is 5.01 Å². The summed E-state index contributed by atoms with van der Waals surface area (Å²) in [6.45, 7) is 6.33. The van der Waals surface area contributed by atoms with Crippen molar-refractivity contribution in [1.82, 2.24) is 10.3 Å². The van der Waals surface area contributed by atoms with Crippen LogP contribution in [0.4, 0.5) is 5.69 Å². The summed E-state index contributed by atoms with van der Waals surface area (Å²) in [5.41, 5.74) is 1.99. The van der Waals surface area contributed by atoms with Crippen molar-refractivity contribution in [2.75, 3.05) is 11.9 Å². The molecule has 0 saturated heterocycles. The first-order valence-corrected chi connectivity index (χ1v) is 7.38. The largest absolute Gasteiger partial charge is 0.325 e. The van der Waals surface area contributed by atoms with Gasteiger partial charge >= 0.3 is 0 Å². The third-order valence-electron chi connectivity index (χ3n) is 2.91. The number of benzene rings is 1. The molecule has 1 aromatic carbocycles. The van der Waals surface area contributed by atoms with Gasteiger partial charge in [0.15, 0.2) is 0 Å². The second kappa shape index (κ2) is 6.63. The first-order chi connectivity index (χ1) is 9.54. The Morgan fingerprint density at radius 2 is 2.00 bits per heavy atom. The first kappa shape index (κ1) is 14.7. The van der Waals surface area contributed by atoms with Crippen LogP contribution in [0.5, 0.6) is 0 Å². The summed E-state index contributed by atoms with van der Waals surface area (Å²) < 4.78 is 0. The van der Waals surface area contributed by atoms with E-state index in [1.807, 2.05) is 51.2 Å². The highest BCUT2D eigenvalue weighted by Gasteiger charge is 2.10. The van der Waals surface area contributed by atoms with E-state index in [0.717, 1.165) is 10.7 Å². The lowest BCUT2D eigenvalue weighted by Gasteiger charge is -2.11. The van der Waals surface area contributed by atoms with Crippen molar-refractivity contribution < 1.29 is 4.79 Å². The Morgan fingerprint density at radius 3 is 2.60 bits per heavy atom. The van der Waals surface area contributed by atoms with E-state index in [-0.39, 0.29) is 18.5 Å². The Labute approximate surface area is 123 Å². The molecule has 0 bridgehead atoms. The van der Waals surface area contributed by atoms with Gasteiger partial charge in [0.05, 0.1) is 12.6 Å². The fraction of sp³-hybridized carbons (Fsp3) is 0.333. The molecule has 2 rings (SSSR count). The predicted octanol–water partition coefficient (Wildman–Crippen LogP) is 3.05. The lowest BCUT2D eigenvalue weighted by atomic mass is 10.2. The number of hydrogen-bond donors (Lipinski definition) is 2. The Kier molecular flexibility index (Phi) is 4.87. The number of aryl methyl sites for hydroxylation is 2. The fourth-order valence-electron chi connectivity index (χ4n) is 1.75. The molecule has 1 atom stereocenters. The van der Waals surface area contributed by atoms with Crippen LogP contribution >= 0.6 is 11.3 Å². The molecule has 0 spiro atoms. The first-order valence-electron chi connectivity index (χ1n) is 6.57. The van der Waals surface area contributed by atoms with Crippen LogP contribution in [0.2, 0.25) is 0 Å². The van der Waals surface area contributed by atoms with Gasteiger partial charge < -0.3 is 5.32 Å². The number of carbonyl (C=O) groups is 1. The van der Waals surface area contributed by atoms with E-state index in [1.54, 1.807) is 11.3 Å². The van der Waals surface area contributed by atoms with Crippen LogP contribution < -0.4 is 10.6 Å². The molecule has 106 valence electrons. The number of rotatable bonds is 5. The zero-order valence-electron chi connectivity index (χ0n) is 11.9. The fourth-order valence-corrected chi connectivity index (χ4v) is 2.55. The smallest absolute Gasteiger partial charge is 0.238 e. The second-order valence-electron chi connectivity index (χ2n) is 4.83. The van der Waals surface area contributed by atoms with Crippen LogP contribution in [-0.4, -0.2) is 17.4 Å². The van der Waals surface area contributed by atoms with Gasteiger partial charge in [-0.2, -0.15) is 0 Å². The van der Waals surface area contributed by atoms with Crippen molar-refractivity contribution in [1.29, 1.82) is 0 Å². The number of amides is 1. The van der Waals surface area contributed by atoms with E-state index in [0.29, 0.717) is 0 Å². The van der Waals surface area contributed by atoms with Crippen LogP contribution in [-0.2, 0) is 4.79 Å². The van der Waals surface area contributed by atoms with E-state index in [2.05, 4.69) is 15.6 Å². The van der Waals surface area contributed by atoms with E-state index < -0.39 is 0 Å². The second-order valence-corrected chi connectivity index (χ2v) is 6.09. The van der Waals surface area contributed by atoms with E-state index in [1.165, 1.54) is 10.4 Å². The third-order valence-corrected chi connectivity index (χ3v) is 4.01. The monoisotopic (exact) mass is 289 g/mol. The van der Waals surface area contributed by atoms with Crippen molar-refractivity contribution in [3.63, 3.8) is 0 Å². The number of carbonyl (C=O) groups excluding carboxylic acids is 1. The Balaban J connectivity index is 1.81. The number of aromatic nitrogens is 1. The molecule has 0 aliphatic carbocycles. The average molecular weight is 289 g/mol. The summed E-state index contributed by atoms with van der Waals surface area (Å²) in [7, 11) is 0. The highest BCUT2D eigenvalue weighted by molar-refractivity contribution is 7.11. The maximum absolute atomic E-state index is 11.8. The van der Waals surface area contributed by atoms with Gasteiger partial charge in [0.25, 0.3) is 0 Å². The van der Waals surface area contributed by atoms with Gasteiger partial charge in [0.2, 0.25) is 5.91 Å². The molecule has 0 saturated carbocycles. The topological polar surface area (TPSA) is 54.0 Å². The van der Waals surface area contributed by atoms with E-state index >= 15 is 0 Å². The number of thiazole rings is 1. The standard InChI is InChI=1S/C15H19N3OS/c1-10-4-6-13(7-5-10)18-14(19)9-16-12(3)15-17-8-11(2)20-15/h4-8,12,16H,9H2,1-3H3,(H,18,19). The molecule has 0 aliphatic rings. The molecular formula is C15H19N3OS. The number of nitrogens with zero attached hydrogens (tertiary/aromatic N) is 1. The maximum atomic E-state index is 11.8. The Morgan fingerprint density at radius 1 is 1.30 bits per heavy atom. The molecule has 1 heterocycles. The number of anilines is 1.